The normalized spacial score (nSPS) is 17.6. The summed E-state index contributed by atoms with van der Waals surface area (Å²) in [6, 6.07) is 2.04. The standard InChI is InChI=1S/C17H23N5O3/c1-12-14(16(24)20-17(25)19-12)11-15(23)22-9-3-2-5-13(22)6-10-21-8-4-7-18-21/h4,7-8,13H,2-3,5-6,9-11H2,1H3,(H2,19,20,24,25)/t13-/m1/s1. The first-order valence-electron chi connectivity index (χ1n) is 8.63. The Morgan fingerprint density at radius 1 is 1.32 bits per heavy atom. The van der Waals surface area contributed by atoms with Crippen molar-refractivity contribution in [3.8, 4) is 0 Å². The van der Waals surface area contributed by atoms with Crippen LogP contribution < -0.4 is 11.2 Å². The predicted octanol–water partition coefficient (Wildman–Crippen LogP) is 0.582. The number of amides is 1. The van der Waals surface area contributed by atoms with Crippen LogP contribution in [-0.4, -0.2) is 43.1 Å². The lowest BCUT2D eigenvalue weighted by Crippen LogP contribution is -2.45. The van der Waals surface area contributed by atoms with Crippen molar-refractivity contribution in [1.82, 2.24) is 24.6 Å². The zero-order valence-electron chi connectivity index (χ0n) is 14.3. The molecule has 0 spiro atoms. The summed E-state index contributed by atoms with van der Waals surface area (Å²) in [6.07, 6.45) is 7.56. The number of likely N-dealkylation sites (tertiary alicyclic amines) is 1. The van der Waals surface area contributed by atoms with Gasteiger partial charge in [-0.15, -0.1) is 0 Å². The van der Waals surface area contributed by atoms with Crippen LogP contribution in [0.15, 0.2) is 28.0 Å². The van der Waals surface area contributed by atoms with Crippen molar-refractivity contribution in [2.75, 3.05) is 6.54 Å². The Labute approximate surface area is 144 Å². The van der Waals surface area contributed by atoms with Crippen LogP contribution in [0.25, 0.3) is 0 Å². The fraction of sp³-hybridized carbons (Fsp3) is 0.529. The molecule has 0 radical (unpaired) electrons. The fourth-order valence-corrected chi connectivity index (χ4v) is 3.43. The Morgan fingerprint density at radius 2 is 2.16 bits per heavy atom. The number of H-pyrrole nitrogens is 2. The number of aryl methyl sites for hydroxylation is 2. The van der Waals surface area contributed by atoms with Gasteiger partial charge in [-0.2, -0.15) is 5.10 Å². The molecule has 2 aromatic rings. The molecule has 0 saturated carbocycles. The second kappa shape index (κ2) is 7.50. The molecule has 2 aromatic heterocycles. The Bertz CT molecular complexity index is 837. The van der Waals surface area contributed by atoms with Crippen molar-refractivity contribution < 1.29 is 4.79 Å². The molecule has 0 aromatic carbocycles. The van der Waals surface area contributed by atoms with Gasteiger partial charge in [-0.1, -0.05) is 0 Å². The van der Waals surface area contributed by atoms with Gasteiger partial charge in [0.05, 0.1) is 6.42 Å². The van der Waals surface area contributed by atoms with E-state index in [0.717, 1.165) is 32.2 Å². The monoisotopic (exact) mass is 345 g/mol. The zero-order chi connectivity index (χ0) is 17.8. The SMILES string of the molecule is Cc1[nH]c(=O)[nH]c(=O)c1CC(=O)N1CCCC[C@@H]1CCn1cccn1. The highest BCUT2D eigenvalue weighted by atomic mass is 16.2. The highest BCUT2D eigenvalue weighted by Gasteiger charge is 2.27. The van der Waals surface area contributed by atoms with Crippen LogP contribution in [0.2, 0.25) is 0 Å². The molecule has 0 aliphatic carbocycles. The topological polar surface area (TPSA) is 104 Å². The van der Waals surface area contributed by atoms with Crippen LogP contribution in [0, 0.1) is 6.92 Å². The summed E-state index contributed by atoms with van der Waals surface area (Å²) >= 11 is 0. The second-order valence-corrected chi connectivity index (χ2v) is 6.48. The summed E-state index contributed by atoms with van der Waals surface area (Å²) in [7, 11) is 0. The number of carbonyl (C=O) groups is 1. The molecule has 1 saturated heterocycles. The Morgan fingerprint density at radius 3 is 2.88 bits per heavy atom. The molecule has 1 amide bonds. The molecule has 0 bridgehead atoms. The van der Waals surface area contributed by atoms with Crippen molar-refractivity contribution in [2.24, 2.45) is 0 Å². The third-order valence-electron chi connectivity index (χ3n) is 4.78. The summed E-state index contributed by atoms with van der Waals surface area (Å²) in [5.41, 5.74) is -0.248. The molecule has 8 nitrogen and oxygen atoms in total. The maximum absolute atomic E-state index is 12.8. The highest BCUT2D eigenvalue weighted by molar-refractivity contribution is 5.79. The minimum absolute atomic E-state index is 0.0101. The van der Waals surface area contributed by atoms with Crippen molar-refractivity contribution in [1.29, 1.82) is 0 Å². The van der Waals surface area contributed by atoms with Gasteiger partial charge in [-0.3, -0.25) is 19.3 Å². The van der Waals surface area contributed by atoms with Crippen LogP contribution in [0.3, 0.4) is 0 Å². The number of hydrogen-bond acceptors (Lipinski definition) is 4. The van der Waals surface area contributed by atoms with E-state index in [1.165, 1.54) is 0 Å². The lowest BCUT2D eigenvalue weighted by Gasteiger charge is -2.36. The van der Waals surface area contributed by atoms with Crippen LogP contribution >= 0.6 is 0 Å². The smallest absolute Gasteiger partial charge is 0.325 e. The van der Waals surface area contributed by atoms with Crippen LogP contribution in [0.4, 0.5) is 0 Å². The lowest BCUT2D eigenvalue weighted by molar-refractivity contribution is -0.134. The molecule has 0 unspecified atom stereocenters. The van der Waals surface area contributed by atoms with Crippen molar-refractivity contribution >= 4 is 5.91 Å². The summed E-state index contributed by atoms with van der Waals surface area (Å²) in [5, 5.41) is 4.20. The highest BCUT2D eigenvalue weighted by Crippen LogP contribution is 2.21. The van der Waals surface area contributed by atoms with Gasteiger partial charge in [0, 0.05) is 42.8 Å². The van der Waals surface area contributed by atoms with E-state index in [9.17, 15) is 14.4 Å². The third-order valence-corrected chi connectivity index (χ3v) is 4.78. The zero-order valence-corrected chi connectivity index (χ0v) is 14.3. The Balaban J connectivity index is 1.70. The molecule has 8 heteroatoms. The van der Waals surface area contributed by atoms with Crippen LogP contribution in [-0.2, 0) is 17.8 Å². The summed E-state index contributed by atoms with van der Waals surface area (Å²) < 4.78 is 1.87. The Kier molecular flexibility index (Phi) is 5.16. The van der Waals surface area contributed by atoms with Gasteiger partial charge < -0.3 is 9.88 Å². The van der Waals surface area contributed by atoms with E-state index in [-0.39, 0.29) is 18.4 Å². The maximum atomic E-state index is 12.8. The van der Waals surface area contributed by atoms with E-state index in [1.807, 2.05) is 21.8 Å². The van der Waals surface area contributed by atoms with E-state index < -0.39 is 11.2 Å². The van der Waals surface area contributed by atoms with E-state index in [0.29, 0.717) is 17.8 Å². The summed E-state index contributed by atoms with van der Waals surface area (Å²) in [6.45, 7) is 3.12. The van der Waals surface area contributed by atoms with E-state index in [2.05, 4.69) is 15.1 Å². The van der Waals surface area contributed by atoms with Gasteiger partial charge >= 0.3 is 5.69 Å². The second-order valence-electron chi connectivity index (χ2n) is 6.48. The molecular formula is C17H23N5O3. The summed E-state index contributed by atoms with van der Waals surface area (Å²) in [5.74, 6) is -0.0641. The van der Waals surface area contributed by atoms with E-state index >= 15 is 0 Å². The van der Waals surface area contributed by atoms with Gasteiger partial charge in [0.15, 0.2) is 0 Å². The minimum atomic E-state index is -0.547. The average molecular weight is 345 g/mol. The predicted molar refractivity (Wildman–Crippen MR) is 92.3 cm³/mol. The molecule has 3 heterocycles. The molecule has 1 aliphatic heterocycles. The lowest BCUT2D eigenvalue weighted by atomic mass is 9.98. The van der Waals surface area contributed by atoms with Crippen molar-refractivity contribution in [3.63, 3.8) is 0 Å². The first kappa shape index (κ1) is 17.2. The number of rotatable bonds is 5. The number of aromatic amines is 2. The number of nitrogens with zero attached hydrogens (tertiary/aromatic N) is 3. The molecule has 1 aliphatic rings. The van der Waals surface area contributed by atoms with Gasteiger partial charge in [0.1, 0.15) is 0 Å². The van der Waals surface area contributed by atoms with Gasteiger partial charge in [0.2, 0.25) is 5.91 Å². The molecule has 25 heavy (non-hydrogen) atoms. The molecule has 3 rings (SSSR count). The number of aromatic nitrogens is 4. The minimum Gasteiger partial charge on any atom is -0.339 e. The van der Waals surface area contributed by atoms with Gasteiger partial charge in [0.25, 0.3) is 5.56 Å². The number of nitrogens with one attached hydrogen (secondary N) is 2. The van der Waals surface area contributed by atoms with Gasteiger partial charge in [-0.25, -0.2) is 4.79 Å². The first-order valence-corrected chi connectivity index (χ1v) is 8.63. The average Bonchev–Trinajstić information content (AvgIpc) is 3.10. The molecule has 2 N–H and O–H groups in total. The van der Waals surface area contributed by atoms with E-state index in [1.54, 1.807) is 13.1 Å². The molecular weight excluding hydrogens is 322 g/mol. The van der Waals surface area contributed by atoms with E-state index in [4.69, 9.17) is 0 Å². The molecule has 1 fully saturated rings. The first-order chi connectivity index (χ1) is 12.0. The third kappa shape index (κ3) is 4.07. The van der Waals surface area contributed by atoms with Crippen molar-refractivity contribution in [3.05, 3.63) is 50.6 Å². The Hall–Kier alpha value is -2.64. The quantitative estimate of drug-likeness (QED) is 0.827. The van der Waals surface area contributed by atoms with Crippen LogP contribution in [0.1, 0.15) is 36.9 Å². The largest absolute Gasteiger partial charge is 0.339 e. The molecule has 1 atom stereocenters. The van der Waals surface area contributed by atoms with Crippen LogP contribution in [0.5, 0.6) is 0 Å². The molecule has 134 valence electrons. The van der Waals surface area contributed by atoms with Crippen molar-refractivity contribution in [2.45, 2.75) is 51.6 Å². The maximum Gasteiger partial charge on any atom is 0.325 e. The van der Waals surface area contributed by atoms with Gasteiger partial charge in [-0.05, 0) is 38.7 Å². The summed E-state index contributed by atoms with van der Waals surface area (Å²) in [4.78, 5) is 42.7. The number of carbonyl (C=O) groups excluding carboxylic acids is 1. The fourth-order valence-electron chi connectivity index (χ4n) is 3.43. The number of piperidine rings is 1. The number of hydrogen-bond donors (Lipinski definition) is 2.